The standard InChI is InChI=1S/C25H23ClN4O6/c1-11-14(26)4-3-13-21(11)28-24(34)25(13)20-19(15(29-25)5-7-18(27)31)22(32)30(23(20)33)9-12-2-6-16-17(8-12)36-10-35-16/h2-4,6,8,15,19-20,29H,5,7,9-10H2,1H3,(H2,27,31)(H,28,34)/t15-,19+,20-,25+/m0/s1. The Labute approximate surface area is 211 Å². The van der Waals surface area contributed by atoms with Crippen LogP contribution in [0.1, 0.15) is 29.5 Å². The number of hydrogen-bond donors (Lipinski definition) is 3. The Kier molecular flexibility index (Phi) is 5.03. The highest BCUT2D eigenvalue weighted by Gasteiger charge is 2.70. The average molecular weight is 511 g/mol. The molecule has 0 unspecified atom stereocenters. The van der Waals surface area contributed by atoms with Gasteiger partial charge in [0.1, 0.15) is 5.54 Å². The number of rotatable bonds is 5. The van der Waals surface area contributed by atoms with E-state index in [-0.39, 0.29) is 26.2 Å². The summed E-state index contributed by atoms with van der Waals surface area (Å²) in [6.45, 7) is 1.91. The molecule has 10 nitrogen and oxygen atoms in total. The lowest BCUT2D eigenvalue weighted by atomic mass is 9.76. The summed E-state index contributed by atoms with van der Waals surface area (Å²) in [4.78, 5) is 53.9. The summed E-state index contributed by atoms with van der Waals surface area (Å²) in [5.41, 5.74) is 6.38. The number of likely N-dealkylation sites (tertiary alicyclic amines) is 1. The molecule has 0 aromatic heterocycles. The molecule has 4 aliphatic rings. The summed E-state index contributed by atoms with van der Waals surface area (Å²) >= 11 is 6.29. The third-order valence-corrected chi connectivity index (χ3v) is 8.06. The number of carbonyl (C=O) groups excluding carboxylic acids is 4. The largest absolute Gasteiger partial charge is 0.454 e. The molecule has 0 bridgehead atoms. The lowest BCUT2D eigenvalue weighted by Crippen LogP contribution is -2.53. The number of nitrogens with one attached hydrogen (secondary N) is 2. The van der Waals surface area contributed by atoms with E-state index in [2.05, 4.69) is 10.6 Å². The smallest absolute Gasteiger partial charge is 0.250 e. The number of anilines is 1. The number of ether oxygens (including phenoxy) is 2. The Bertz CT molecular complexity index is 1360. The van der Waals surface area contributed by atoms with Crippen molar-refractivity contribution in [1.29, 1.82) is 0 Å². The highest BCUT2D eigenvalue weighted by molar-refractivity contribution is 6.32. The van der Waals surface area contributed by atoms with Crippen molar-refractivity contribution in [3.05, 3.63) is 52.0 Å². The first-order valence-corrected chi connectivity index (χ1v) is 12.0. The van der Waals surface area contributed by atoms with Gasteiger partial charge in [0, 0.05) is 23.0 Å². The van der Waals surface area contributed by atoms with Crippen molar-refractivity contribution in [2.75, 3.05) is 12.1 Å². The van der Waals surface area contributed by atoms with Crippen LogP contribution in [0.15, 0.2) is 30.3 Å². The third kappa shape index (κ3) is 3.07. The van der Waals surface area contributed by atoms with Gasteiger partial charge in [-0.1, -0.05) is 23.7 Å². The maximum Gasteiger partial charge on any atom is 0.250 e. The number of primary amides is 1. The molecule has 36 heavy (non-hydrogen) atoms. The van der Waals surface area contributed by atoms with Crippen LogP contribution in [-0.4, -0.2) is 41.4 Å². The van der Waals surface area contributed by atoms with E-state index in [0.717, 1.165) is 0 Å². The molecule has 2 fully saturated rings. The van der Waals surface area contributed by atoms with Gasteiger partial charge in [-0.05, 0) is 42.7 Å². The number of imide groups is 1. The molecule has 0 saturated carbocycles. The van der Waals surface area contributed by atoms with E-state index in [1.54, 1.807) is 37.3 Å². The predicted octanol–water partition coefficient (Wildman–Crippen LogP) is 1.56. The molecule has 186 valence electrons. The molecule has 2 aromatic carbocycles. The number of amides is 4. The number of nitrogens with two attached hydrogens (primary N) is 1. The molecule has 2 aromatic rings. The van der Waals surface area contributed by atoms with E-state index in [1.807, 2.05) is 0 Å². The van der Waals surface area contributed by atoms with Crippen LogP contribution in [-0.2, 0) is 31.3 Å². The molecule has 4 atom stereocenters. The van der Waals surface area contributed by atoms with Crippen molar-refractivity contribution in [1.82, 2.24) is 10.2 Å². The monoisotopic (exact) mass is 510 g/mol. The SMILES string of the molecule is Cc1c(Cl)ccc2c1NC(=O)[C@@]21N[C@@H](CCC(N)=O)[C@H]2C(=O)N(Cc3ccc4c(c3)OCO4)C(=O)[C@H]21. The molecule has 0 aliphatic carbocycles. The van der Waals surface area contributed by atoms with E-state index in [9.17, 15) is 19.2 Å². The van der Waals surface area contributed by atoms with Crippen LogP contribution < -0.4 is 25.8 Å². The Balaban J connectivity index is 1.41. The van der Waals surface area contributed by atoms with Gasteiger partial charge in [0.15, 0.2) is 11.5 Å². The van der Waals surface area contributed by atoms with Gasteiger partial charge in [0.2, 0.25) is 30.4 Å². The molecule has 4 amide bonds. The van der Waals surface area contributed by atoms with Gasteiger partial charge < -0.3 is 20.5 Å². The molecular weight excluding hydrogens is 488 g/mol. The lowest BCUT2D eigenvalue weighted by Gasteiger charge is -2.29. The number of fused-ring (bicyclic) bond motifs is 5. The Morgan fingerprint density at radius 3 is 2.72 bits per heavy atom. The van der Waals surface area contributed by atoms with Crippen LogP contribution in [0.5, 0.6) is 11.5 Å². The average Bonchev–Trinajstić information content (AvgIpc) is 3.57. The zero-order valence-electron chi connectivity index (χ0n) is 19.3. The minimum Gasteiger partial charge on any atom is -0.454 e. The van der Waals surface area contributed by atoms with Gasteiger partial charge in [-0.3, -0.25) is 29.4 Å². The van der Waals surface area contributed by atoms with Crippen LogP contribution in [0.2, 0.25) is 5.02 Å². The van der Waals surface area contributed by atoms with Gasteiger partial charge in [0.25, 0.3) is 0 Å². The summed E-state index contributed by atoms with van der Waals surface area (Å²) in [6, 6.07) is 8.02. The van der Waals surface area contributed by atoms with Crippen LogP contribution >= 0.6 is 11.6 Å². The van der Waals surface area contributed by atoms with Crippen molar-refractivity contribution in [3.8, 4) is 11.5 Å². The quantitative estimate of drug-likeness (QED) is 0.518. The van der Waals surface area contributed by atoms with E-state index in [0.29, 0.717) is 38.9 Å². The normalized spacial score (nSPS) is 27.6. The third-order valence-electron chi connectivity index (χ3n) is 7.66. The topological polar surface area (TPSA) is 140 Å². The number of nitrogens with zero attached hydrogens (tertiary/aromatic N) is 1. The Hall–Kier alpha value is -3.63. The molecule has 6 rings (SSSR count). The summed E-state index contributed by atoms with van der Waals surface area (Å²) in [7, 11) is 0. The van der Waals surface area contributed by atoms with E-state index >= 15 is 0 Å². The fourth-order valence-corrected chi connectivity index (χ4v) is 6.13. The van der Waals surface area contributed by atoms with Crippen molar-refractivity contribution in [3.63, 3.8) is 0 Å². The maximum absolute atomic E-state index is 13.9. The summed E-state index contributed by atoms with van der Waals surface area (Å²) in [6.07, 6.45) is 0.221. The second-order valence-corrected chi connectivity index (χ2v) is 9.97. The molecule has 0 radical (unpaired) electrons. The number of carbonyl (C=O) groups is 4. The molecule has 2 saturated heterocycles. The van der Waals surface area contributed by atoms with Crippen molar-refractivity contribution < 1.29 is 28.7 Å². The molecule has 1 spiro atoms. The van der Waals surface area contributed by atoms with Crippen LogP contribution in [0, 0.1) is 18.8 Å². The number of halogens is 1. The molecule has 4 N–H and O–H groups in total. The minimum atomic E-state index is -1.46. The van der Waals surface area contributed by atoms with Crippen LogP contribution in [0.4, 0.5) is 5.69 Å². The predicted molar refractivity (Wildman–Crippen MR) is 127 cm³/mol. The van der Waals surface area contributed by atoms with Gasteiger partial charge >= 0.3 is 0 Å². The fraction of sp³-hybridized carbons (Fsp3) is 0.360. The Morgan fingerprint density at radius 1 is 1.17 bits per heavy atom. The van der Waals surface area contributed by atoms with Crippen molar-refractivity contribution in [2.45, 2.75) is 37.9 Å². The van der Waals surface area contributed by atoms with Gasteiger partial charge in [-0.15, -0.1) is 0 Å². The van der Waals surface area contributed by atoms with Crippen LogP contribution in [0.3, 0.4) is 0 Å². The lowest BCUT2D eigenvalue weighted by molar-refractivity contribution is -0.143. The van der Waals surface area contributed by atoms with Crippen LogP contribution in [0.25, 0.3) is 0 Å². The zero-order valence-corrected chi connectivity index (χ0v) is 20.1. The van der Waals surface area contributed by atoms with Crippen molar-refractivity contribution in [2.24, 2.45) is 17.6 Å². The molecule has 4 heterocycles. The number of benzene rings is 2. The Morgan fingerprint density at radius 2 is 1.94 bits per heavy atom. The van der Waals surface area contributed by atoms with Gasteiger partial charge in [0.05, 0.1) is 24.1 Å². The fourth-order valence-electron chi connectivity index (χ4n) is 5.97. The number of hydrogen-bond acceptors (Lipinski definition) is 7. The summed E-state index contributed by atoms with van der Waals surface area (Å²) in [5.74, 6) is -2.48. The molecule has 4 aliphatic heterocycles. The van der Waals surface area contributed by atoms with Crippen molar-refractivity contribution >= 4 is 40.9 Å². The highest BCUT2D eigenvalue weighted by Crippen LogP contribution is 2.54. The highest BCUT2D eigenvalue weighted by atomic mass is 35.5. The van der Waals surface area contributed by atoms with Gasteiger partial charge in [-0.25, -0.2) is 0 Å². The van der Waals surface area contributed by atoms with E-state index in [4.69, 9.17) is 26.8 Å². The first-order chi connectivity index (χ1) is 17.2. The summed E-state index contributed by atoms with van der Waals surface area (Å²) in [5, 5.41) is 6.64. The summed E-state index contributed by atoms with van der Waals surface area (Å²) < 4.78 is 10.8. The molecular formula is C25H23ClN4O6. The van der Waals surface area contributed by atoms with E-state index in [1.165, 1.54) is 4.90 Å². The molecule has 11 heteroatoms. The van der Waals surface area contributed by atoms with E-state index < -0.39 is 47.0 Å². The second-order valence-electron chi connectivity index (χ2n) is 9.57. The maximum atomic E-state index is 13.9. The minimum absolute atomic E-state index is 0.00865. The van der Waals surface area contributed by atoms with Gasteiger partial charge in [-0.2, -0.15) is 0 Å². The first-order valence-electron chi connectivity index (χ1n) is 11.6. The zero-order chi connectivity index (χ0) is 25.4. The second kappa shape index (κ2) is 7.94. The first kappa shape index (κ1) is 22.8.